The van der Waals surface area contributed by atoms with Crippen LogP contribution in [-0.4, -0.2) is 28.2 Å². The minimum Gasteiger partial charge on any atom is -0.633 e. The van der Waals surface area contributed by atoms with E-state index in [1.807, 2.05) is 42.5 Å². The molecule has 128 valence electrons. The average molecular weight is 335 g/mol. The van der Waals surface area contributed by atoms with E-state index < -0.39 is 0 Å². The van der Waals surface area contributed by atoms with Gasteiger partial charge in [0, 0.05) is 29.6 Å². The number of fused-ring (bicyclic) bond motifs is 1. The van der Waals surface area contributed by atoms with Crippen molar-refractivity contribution in [2.75, 3.05) is 24.6 Å². The zero-order valence-electron chi connectivity index (χ0n) is 14.1. The molecule has 4 rings (SSSR count). The molecule has 3 aromatic rings. The molecule has 0 saturated heterocycles. The van der Waals surface area contributed by atoms with E-state index in [2.05, 4.69) is 15.3 Å². The van der Waals surface area contributed by atoms with Gasteiger partial charge in [0.15, 0.2) is 0 Å². The Balaban J connectivity index is 1.85. The molecule has 0 amide bonds. The number of H-pyrrole nitrogens is 1. The molecule has 6 heteroatoms. The fourth-order valence-electron chi connectivity index (χ4n) is 3.36. The Morgan fingerprint density at radius 3 is 2.80 bits per heavy atom. The lowest BCUT2D eigenvalue weighted by Gasteiger charge is -2.41. The molecule has 1 aromatic carbocycles. The Morgan fingerprint density at radius 2 is 2.04 bits per heavy atom. The molecule has 25 heavy (non-hydrogen) atoms. The first kappa shape index (κ1) is 15.7. The number of nitrogens with two attached hydrogens (primary N) is 1. The topological polar surface area (TPSA) is 89.8 Å². The molecule has 1 atom stereocenters. The minimum absolute atomic E-state index is 0.258. The number of hydroxylamine groups is 3. The van der Waals surface area contributed by atoms with Crippen LogP contribution in [0.5, 0.6) is 0 Å². The van der Waals surface area contributed by atoms with E-state index in [0.29, 0.717) is 18.9 Å². The first-order chi connectivity index (χ1) is 12.0. The van der Waals surface area contributed by atoms with Gasteiger partial charge in [0.05, 0.1) is 30.5 Å². The van der Waals surface area contributed by atoms with Gasteiger partial charge in [-0.15, -0.1) is 0 Å². The number of anilines is 3. The number of hydrogen-bond acceptors (Lipinski definition) is 4. The lowest BCUT2D eigenvalue weighted by molar-refractivity contribution is -0.876. The molecule has 0 radical (unpaired) electrons. The van der Waals surface area contributed by atoms with Crippen LogP contribution in [0.1, 0.15) is 11.3 Å². The van der Waals surface area contributed by atoms with E-state index in [1.165, 1.54) is 0 Å². The number of nitrogens with one attached hydrogen (secondary N) is 2. The van der Waals surface area contributed by atoms with E-state index in [9.17, 15) is 5.21 Å². The van der Waals surface area contributed by atoms with E-state index in [4.69, 9.17) is 5.73 Å². The number of aromatic amines is 1. The van der Waals surface area contributed by atoms with Crippen LogP contribution in [0.15, 0.2) is 48.7 Å². The van der Waals surface area contributed by atoms with Gasteiger partial charge in [0.25, 0.3) is 0 Å². The molecule has 1 aliphatic heterocycles. The Morgan fingerprint density at radius 1 is 1.24 bits per heavy atom. The number of quaternary nitrogens is 1. The van der Waals surface area contributed by atoms with Gasteiger partial charge < -0.3 is 25.9 Å². The van der Waals surface area contributed by atoms with E-state index in [0.717, 1.165) is 40.3 Å². The second-order valence-corrected chi connectivity index (χ2v) is 6.72. The summed E-state index contributed by atoms with van der Waals surface area (Å²) in [6.45, 7) is 1.03. The molecule has 1 aliphatic rings. The summed E-state index contributed by atoms with van der Waals surface area (Å²) in [5, 5.41) is 16.1. The maximum atomic E-state index is 12.6. The molecule has 0 aliphatic carbocycles. The van der Waals surface area contributed by atoms with Gasteiger partial charge >= 0.3 is 0 Å². The third-order valence-electron chi connectivity index (χ3n) is 4.63. The summed E-state index contributed by atoms with van der Waals surface area (Å²) in [4.78, 5) is 7.58. The van der Waals surface area contributed by atoms with Crippen molar-refractivity contribution in [2.24, 2.45) is 0 Å². The number of hydrogen-bond donors (Lipinski definition) is 3. The molecular formula is C19H21N5O. The van der Waals surface area contributed by atoms with Crippen LogP contribution in [0.2, 0.25) is 0 Å². The van der Waals surface area contributed by atoms with Gasteiger partial charge in [-0.2, -0.15) is 0 Å². The van der Waals surface area contributed by atoms with Crippen LogP contribution in [-0.2, 0) is 13.0 Å². The molecule has 2 aromatic heterocycles. The van der Waals surface area contributed by atoms with Crippen molar-refractivity contribution in [3.63, 3.8) is 0 Å². The van der Waals surface area contributed by atoms with Gasteiger partial charge in [-0.25, -0.2) is 4.98 Å². The summed E-state index contributed by atoms with van der Waals surface area (Å²) in [5.41, 5.74) is 11.9. The second-order valence-electron chi connectivity index (χ2n) is 6.72. The fourth-order valence-corrected chi connectivity index (χ4v) is 3.36. The third kappa shape index (κ3) is 3.09. The lowest BCUT2D eigenvalue weighted by atomic mass is 10.0. The van der Waals surface area contributed by atoms with Crippen molar-refractivity contribution < 1.29 is 4.65 Å². The minimum atomic E-state index is -0.258. The fraction of sp³-hybridized carbons (Fsp3) is 0.211. The van der Waals surface area contributed by atoms with E-state index in [-0.39, 0.29) is 4.65 Å². The maximum absolute atomic E-state index is 12.6. The zero-order chi connectivity index (χ0) is 17.4. The Labute approximate surface area is 146 Å². The van der Waals surface area contributed by atoms with Crippen LogP contribution in [0.25, 0.3) is 11.3 Å². The highest BCUT2D eigenvalue weighted by atomic mass is 16.5. The van der Waals surface area contributed by atoms with Gasteiger partial charge in [0.2, 0.25) is 0 Å². The standard InChI is InChI=1S/C19H21N5O/c1-24(25)10-8-16-15(12-24)19(22-14-5-3-2-4-6-14)18(23-16)13-7-9-21-17(20)11-13/h2-7,9,11,22-23H,8,10,12H2,1H3,(H2,20,21). The van der Waals surface area contributed by atoms with Gasteiger partial charge in [-0.05, 0) is 24.3 Å². The van der Waals surface area contributed by atoms with Gasteiger partial charge in [-0.1, -0.05) is 18.2 Å². The molecular weight excluding hydrogens is 314 g/mol. The molecule has 0 saturated carbocycles. The Bertz CT molecular complexity index is 901. The predicted molar refractivity (Wildman–Crippen MR) is 100.0 cm³/mol. The molecule has 6 nitrogen and oxygen atoms in total. The molecule has 0 bridgehead atoms. The summed E-state index contributed by atoms with van der Waals surface area (Å²) in [7, 11) is 1.73. The smallest absolute Gasteiger partial charge is 0.123 e. The van der Waals surface area contributed by atoms with Crippen LogP contribution in [0.3, 0.4) is 0 Å². The summed E-state index contributed by atoms with van der Waals surface area (Å²) < 4.78 is -0.258. The largest absolute Gasteiger partial charge is 0.633 e. The van der Waals surface area contributed by atoms with Gasteiger partial charge in [-0.3, -0.25) is 0 Å². The van der Waals surface area contributed by atoms with Crippen LogP contribution >= 0.6 is 0 Å². The van der Waals surface area contributed by atoms with Crippen molar-refractivity contribution in [1.82, 2.24) is 9.97 Å². The highest BCUT2D eigenvalue weighted by Gasteiger charge is 2.28. The summed E-state index contributed by atoms with van der Waals surface area (Å²) in [6.07, 6.45) is 2.43. The Hall–Kier alpha value is -2.83. The third-order valence-corrected chi connectivity index (χ3v) is 4.63. The summed E-state index contributed by atoms with van der Waals surface area (Å²) in [6, 6.07) is 13.7. The number of nitrogen functional groups attached to an aromatic ring is 1. The molecule has 0 fully saturated rings. The van der Waals surface area contributed by atoms with Gasteiger partial charge in [0.1, 0.15) is 12.4 Å². The first-order valence-electron chi connectivity index (χ1n) is 8.35. The molecule has 1 unspecified atom stereocenters. The Kier molecular flexibility index (Phi) is 3.71. The number of pyridine rings is 1. The highest BCUT2D eigenvalue weighted by Crippen LogP contribution is 2.39. The summed E-state index contributed by atoms with van der Waals surface area (Å²) >= 11 is 0. The SMILES string of the molecule is C[N+]1([O-])CCc2[nH]c(-c3ccnc(N)c3)c(Nc3ccccc3)c2C1. The van der Waals surface area contributed by atoms with Crippen molar-refractivity contribution >= 4 is 17.2 Å². The lowest BCUT2D eigenvalue weighted by Crippen LogP contribution is -2.41. The van der Waals surface area contributed by atoms with Crippen molar-refractivity contribution in [2.45, 2.75) is 13.0 Å². The number of likely N-dealkylation sites (N-methyl/N-ethyl adjacent to an activating group) is 1. The normalized spacial score (nSPS) is 19.4. The highest BCUT2D eigenvalue weighted by molar-refractivity contribution is 5.83. The van der Waals surface area contributed by atoms with E-state index in [1.54, 1.807) is 13.2 Å². The number of benzene rings is 1. The number of nitrogens with zero attached hydrogens (tertiary/aromatic N) is 2. The predicted octanol–water partition coefficient (Wildman–Crippen LogP) is 3.40. The van der Waals surface area contributed by atoms with Crippen LogP contribution < -0.4 is 11.1 Å². The van der Waals surface area contributed by atoms with E-state index >= 15 is 0 Å². The van der Waals surface area contributed by atoms with Crippen LogP contribution in [0, 0.1) is 5.21 Å². The van der Waals surface area contributed by atoms with Crippen molar-refractivity contribution in [3.8, 4) is 11.3 Å². The number of aromatic nitrogens is 2. The monoisotopic (exact) mass is 335 g/mol. The first-order valence-corrected chi connectivity index (χ1v) is 8.35. The maximum Gasteiger partial charge on any atom is 0.123 e. The summed E-state index contributed by atoms with van der Waals surface area (Å²) in [5.74, 6) is 0.472. The van der Waals surface area contributed by atoms with Crippen molar-refractivity contribution in [3.05, 3.63) is 65.1 Å². The number of para-hydroxylation sites is 1. The van der Waals surface area contributed by atoms with Crippen LogP contribution in [0.4, 0.5) is 17.2 Å². The number of rotatable bonds is 3. The molecule has 4 N–H and O–H groups in total. The van der Waals surface area contributed by atoms with Crippen molar-refractivity contribution in [1.29, 1.82) is 0 Å². The average Bonchev–Trinajstić information content (AvgIpc) is 2.93. The zero-order valence-corrected chi connectivity index (χ0v) is 14.1. The quantitative estimate of drug-likeness (QED) is 0.505. The molecule has 0 spiro atoms. The molecule has 3 heterocycles. The second kappa shape index (κ2) is 5.91.